The minimum Gasteiger partial charge on any atom is -0.413 e. The van der Waals surface area contributed by atoms with Crippen molar-refractivity contribution in [3.63, 3.8) is 0 Å². The predicted molar refractivity (Wildman–Crippen MR) is 133 cm³/mol. The van der Waals surface area contributed by atoms with Crippen molar-refractivity contribution in [2.45, 2.75) is 83.0 Å². The molecule has 30 heavy (non-hydrogen) atoms. The summed E-state index contributed by atoms with van der Waals surface area (Å²) in [5.41, 5.74) is 0. The van der Waals surface area contributed by atoms with Gasteiger partial charge in [-0.1, -0.05) is 71.0 Å². The van der Waals surface area contributed by atoms with Gasteiger partial charge in [0.25, 0.3) is 0 Å². The van der Waals surface area contributed by atoms with E-state index in [4.69, 9.17) is 4.43 Å². The zero-order chi connectivity index (χ0) is 22.2. The van der Waals surface area contributed by atoms with Gasteiger partial charge in [0.1, 0.15) is 0 Å². The summed E-state index contributed by atoms with van der Waals surface area (Å²) >= 11 is 0. The molecule has 1 aromatic rings. The Hall–Kier alpha value is -1.17. The quantitative estimate of drug-likeness (QED) is 0.307. The van der Waals surface area contributed by atoms with Crippen molar-refractivity contribution in [3.8, 4) is 0 Å². The molecule has 3 nitrogen and oxygen atoms in total. The van der Waals surface area contributed by atoms with E-state index in [1.165, 1.54) is 0 Å². The zero-order valence-electron chi connectivity index (χ0n) is 19.8. The molecule has 0 saturated carbocycles. The van der Waals surface area contributed by atoms with E-state index in [0.717, 1.165) is 40.8 Å². The van der Waals surface area contributed by atoms with Gasteiger partial charge < -0.3 is 4.43 Å². The second-order valence-electron chi connectivity index (χ2n) is 8.63. The first-order valence-corrected chi connectivity index (χ1v) is 15.6. The molecule has 0 amide bonds. The molecule has 2 rings (SSSR count). The fourth-order valence-corrected chi connectivity index (χ4v) is 9.28. The monoisotopic (exact) mass is 447 g/mol. The lowest BCUT2D eigenvalue weighted by molar-refractivity contribution is 0.112. The topological polar surface area (TPSA) is 38.7 Å². The van der Waals surface area contributed by atoms with Gasteiger partial charge >= 0.3 is 0 Å². The van der Waals surface area contributed by atoms with Crippen LogP contribution in [-0.4, -0.2) is 25.7 Å². The SMILES string of the molecule is CC[Si](CC)(CC)O[C@H]1CC/C=C\C/C(S(=O)(=NC)c2ccccc2)=C\[C@H]1C(C)C. The zero-order valence-corrected chi connectivity index (χ0v) is 21.6. The maximum Gasteiger partial charge on any atom is 0.192 e. The third kappa shape index (κ3) is 5.74. The van der Waals surface area contributed by atoms with E-state index < -0.39 is 18.0 Å². The summed E-state index contributed by atoms with van der Waals surface area (Å²) in [7, 11) is -2.67. The molecule has 0 radical (unpaired) electrons. The summed E-state index contributed by atoms with van der Waals surface area (Å²) in [6, 6.07) is 13.2. The van der Waals surface area contributed by atoms with Gasteiger partial charge in [0.2, 0.25) is 0 Å². The van der Waals surface area contributed by atoms with Gasteiger partial charge in [0.05, 0.1) is 20.7 Å². The summed E-state index contributed by atoms with van der Waals surface area (Å²) < 4.78 is 25.6. The third-order valence-electron chi connectivity index (χ3n) is 6.69. The Balaban J connectivity index is 2.56. The van der Waals surface area contributed by atoms with Gasteiger partial charge in [0, 0.05) is 17.9 Å². The molecule has 1 aliphatic rings. The summed E-state index contributed by atoms with van der Waals surface area (Å²) in [5.74, 6) is 0.652. The molecule has 1 unspecified atom stereocenters. The largest absolute Gasteiger partial charge is 0.413 e. The molecule has 168 valence electrons. The second kappa shape index (κ2) is 11.4. The summed E-state index contributed by atoms with van der Waals surface area (Å²) in [6.07, 6.45) is 9.56. The number of allylic oxidation sites excluding steroid dienone is 3. The molecule has 1 aliphatic carbocycles. The number of nitrogens with zero attached hydrogens (tertiary/aromatic N) is 1. The lowest BCUT2D eigenvalue weighted by Gasteiger charge is -2.38. The molecule has 1 aromatic carbocycles. The van der Waals surface area contributed by atoms with E-state index in [9.17, 15) is 4.21 Å². The number of hydrogen-bond acceptors (Lipinski definition) is 3. The van der Waals surface area contributed by atoms with E-state index in [1.807, 2.05) is 30.3 Å². The van der Waals surface area contributed by atoms with Crippen LogP contribution in [-0.2, 0) is 14.2 Å². The summed E-state index contributed by atoms with van der Waals surface area (Å²) in [4.78, 5) is 1.73. The highest BCUT2D eigenvalue weighted by Gasteiger charge is 2.36. The van der Waals surface area contributed by atoms with Gasteiger partial charge in [0.15, 0.2) is 8.32 Å². The van der Waals surface area contributed by atoms with Crippen molar-refractivity contribution >= 4 is 18.0 Å². The van der Waals surface area contributed by atoms with Crippen LogP contribution in [0.25, 0.3) is 0 Å². The maximum absolute atomic E-state index is 14.1. The normalized spacial score (nSPS) is 25.4. The fraction of sp³-hybridized carbons (Fsp3) is 0.600. The van der Waals surface area contributed by atoms with Crippen LogP contribution in [0.2, 0.25) is 18.1 Å². The van der Waals surface area contributed by atoms with E-state index in [1.54, 1.807) is 7.05 Å². The Morgan fingerprint density at radius 3 is 2.27 bits per heavy atom. The standard InChI is InChI=1S/C25H41NO2SSi/c1-7-30(8-2,9-3)28-25-19-15-11-14-18-23(20-24(25)21(4)5)29(27,26-6)22-16-12-10-13-17-22/h10-14,16-17,20-21,24-25H,7-9,15,18-19H2,1-6H3/b14-11-,23-20+/t24-,25-,29?/m0/s1. The van der Waals surface area contributed by atoms with Crippen molar-refractivity contribution in [1.29, 1.82) is 0 Å². The average Bonchev–Trinajstić information content (AvgIpc) is 2.88. The van der Waals surface area contributed by atoms with Crippen molar-refractivity contribution in [3.05, 3.63) is 53.5 Å². The van der Waals surface area contributed by atoms with Gasteiger partial charge in [-0.15, -0.1) is 0 Å². The first-order chi connectivity index (χ1) is 14.4. The van der Waals surface area contributed by atoms with Crippen LogP contribution in [0.5, 0.6) is 0 Å². The molecule has 5 heteroatoms. The van der Waals surface area contributed by atoms with Crippen LogP contribution >= 0.6 is 0 Å². The Morgan fingerprint density at radius 1 is 1.10 bits per heavy atom. The molecule has 0 spiro atoms. The van der Waals surface area contributed by atoms with Crippen LogP contribution < -0.4 is 0 Å². The van der Waals surface area contributed by atoms with Gasteiger partial charge in [-0.05, 0) is 55.4 Å². The minimum absolute atomic E-state index is 0.172. The molecule has 0 heterocycles. The number of hydrogen-bond donors (Lipinski definition) is 0. The molecule has 3 atom stereocenters. The lowest BCUT2D eigenvalue weighted by atomic mass is 9.88. The first kappa shape index (κ1) is 25.1. The highest BCUT2D eigenvalue weighted by molar-refractivity contribution is 7.97. The van der Waals surface area contributed by atoms with Crippen LogP contribution in [0, 0.1) is 11.8 Å². The molecule has 0 aliphatic heterocycles. The maximum atomic E-state index is 14.1. The summed E-state index contributed by atoms with van der Waals surface area (Å²) in [6.45, 7) is 11.4. The highest BCUT2D eigenvalue weighted by atomic mass is 32.2. The van der Waals surface area contributed by atoms with Crippen molar-refractivity contribution in [1.82, 2.24) is 0 Å². The minimum atomic E-state index is -2.62. The van der Waals surface area contributed by atoms with Gasteiger partial charge in [-0.2, -0.15) is 0 Å². The van der Waals surface area contributed by atoms with Crippen LogP contribution in [0.15, 0.2) is 62.7 Å². The molecule has 0 saturated heterocycles. The van der Waals surface area contributed by atoms with Gasteiger partial charge in [-0.3, -0.25) is 0 Å². The fourth-order valence-electron chi connectivity index (χ4n) is 4.42. The van der Waals surface area contributed by atoms with Gasteiger partial charge in [-0.25, -0.2) is 8.57 Å². The van der Waals surface area contributed by atoms with Crippen LogP contribution in [0.4, 0.5) is 0 Å². The molecular weight excluding hydrogens is 406 g/mol. The third-order valence-corrected chi connectivity index (χ3v) is 13.8. The Kier molecular flexibility index (Phi) is 9.57. The van der Waals surface area contributed by atoms with Crippen molar-refractivity contribution < 1.29 is 8.63 Å². The molecule has 0 N–H and O–H groups in total. The summed E-state index contributed by atoms with van der Waals surface area (Å²) in [5, 5.41) is 0. The highest BCUT2D eigenvalue weighted by Crippen LogP contribution is 2.35. The van der Waals surface area contributed by atoms with Crippen molar-refractivity contribution in [2.24, 2.45) is 16.2 Å². The first-order valence-electron chi connectivity index (χ1n) is 11.6. The second-order valence-corrected chi connectivity index (χ2v) is 15.8. The smallest absolute Gasteiger partial charge is 0.192 e. The predicted octanol–water partition coefficient (Wildman–Crippen LogP) is 7.43. The average molecular weight is 448 g/mol. The van der Waals surface area contributed by atoms with Crippen LogP contribution in [0.3, 0.4) is 0 Å². The molecular formula is C25H41NO2SSi. The Bertz CT molecular complexity index is 826. The van der Waals surface area contributed by atoms with Crippen molar-refractivity contribution in [2.75, 3.05) is 7.05 Å². The molecule has 0 fully saturated rings. The Labute approximate surface area is 186 Å². The van der Waals surface area contributed by atoms with E-state index in [0.29, 0.717) is 12.3 Å². The number of rotatable bonds is 8. The molecule has 0 bridgehead atoms. The van der Waals surface area contributed by atoms with Crippen LogP contribution in [0.1, 0.15) is 53.9 Å². The molecule has 0 aromatic heterocycles. The van der Waals surface area contributed by atoms with E-state index in [-0.39, 0.29) is 12.0 Å². The van der Waals surface area contributed by atoms with E-state index >= 15 is 0 Å². The van der Waals surface area contributed by atoms with E-state index in [2.05, 4.69) is 57.2 Å². The lowest BCUT2D eigenvalue weighted by Crippen LogP contribution is -2.43. The Morgan fingerprint density at radius 2 is 1.73 bits per heavy atom. The number of benzene rings is 1.